The summed E-state index contributed by atoms with van der Waals surface area (Å²) in [5.41, 5.74) is 0. The molecule has 1 aromatic heterocycles. The average Bonchev–Trinajstić information content (AvgIpc) is 2.04. The minimum atomic E-state index is 0.0502. The molecule has 0 atom stereocenters. The fourth-order valence-corrected chi connectivity index (χ4v) is 0.802. The van der Waals surface area contributed by atoms with Crippen molar-refractivity contribution < 1.29 is 9.53 Å². The van der Waals surface area contributed by atoms with Crippen LogP contribution in [0.25, 0.3) is 0 Å². The summed E-state index contributed by atoms with van der Waals surface area (Å²) in [6.45, 7) is 0.0502. The summed E-state index contributed by atoms with van der Waals surface area (Å²) in [5.74, 6) is 0.459. The maximum Gasteiger partial charge on any atom is 0.213 e. The van der Waals surface area contributed by atoms with Crippen LogP contribution in [0.2, 0.25) is 0 Å². The molecule has 0 unspecified atom stereocenters. The second-order valence-corrected chi connectivity index (χ2v) is 2.71. The van der Waals surface area contributed by atoms with Gasteiger partial charge in [0.25, 0.3) is 0 Å². The van der Waals surface area contributed by atoms with E-state index in [1.54, 1.807) is 18.3 Å². The minimum absolute atomic E-state index is 0.0502. The van der Waals surface area contributed by atoms with Crippen molar-refractivity contribution >= 4 is 22.2 Å². The minimum Gasteiger partial charge on any atom is -0.470 e. The molecule has 3 nitrogen and oxygen atoms in total. The molecule has 58 valence electrons. The molecule has 0 aliphatic carbocycles. The zero-order chi connectivity index (χ0) is 8.10. The first kappa shape index (κ1) is 8.20. The number of pyridine rings is 1. The van der Waals surface area contributed by atoms with Gasteiger partial charge in [-0.15, -0.1) is 0 Å². The summed E-state index contributed by atoms with van der Waals surface area (Å²) in [5, 5.41) is 0. The highest BCUT2D eigenvalue weighted by molar-refractivity contribution is 9.10. The summed E-state index contributed by atoms with van der Waals surface area (Å²) in [4.78, 5) is 13.8. The van der Waals surface area contributed by atoms with E-state index in [0.717, 1.165) is 4.47 Å². The highest BCUT2D eigenvalue weighted by atomic mass is 79.9. The predicted molar refractivity (Wildman–Crippen MR) is 43.5 cm³/mol. The SMILES string of the molecule is O=CCOc1ccc(Br)cn1. The van der Waals surface area contributed by atoms with Gasteiger partial charge in [0.15, 0.2) is 6.29 Å². The predicted octanol–water partition coefficient (Wildman–Crippen LogP) is 1.42. The lowest BCUT2D eigenvalue weighted by Crippen LogP contribution is -1.98. The van der Waals surface area contributed by atoms with Crippen molar-refractivity contribution in [2.75, 3.05) is 6.61 Å². The number of nitrogens with zero attached hydrogens (tertiary/aromatic N) is 1. The fraction of sp³-hybridized carbons (Fsp3) is 0.143. The number of aldehydes is 1. The van der Waals surface area contributed by atoms with E-state index in [4.69, 9.17) is 4.74 Å². The lowest BCUT2D eigenvalue weighted by atomic mass is 10.5. The van der Waals surface area contributed by atoms with Crippen LogP contribution < -0.4 is 4.74 Å². The van der Waals surface area contributed by atoms with Gasteiger partial charge in [0.2, 0.25) is 5.88 Å². The largest absolute Gasteiger partial charge is 0.470 e. The molecule has 0 aromatic carbocycles. The molecule has 11 heavy (non-hydrogen) atoms. The zero-order valence-corrected chi connectivity index (χ0v) is 7.24. The molecule has 0 saturated heterocycles. The van der Waals surface area contributed by atoms with Crippen molar-refractivity contribution in [2.45, 2.75) is 0 Å². The van der Waals surface area contributed by atoms with Crippen LogP contribution in [0.5, 0.6) is 5.88 Å². The molecule has 0 spiro atoms. The summed E-state index contributed by atoms with van der Waals surface area (Å²) in [7, 11) is 0. The first-order valence-corrected chi connectivity index (χ1v) is 3.80. The van der Waals surface area contributed by atoms with Crippen molar-refractivity contribution in [3.8, 4) is 5.88 Å². The third-order valence-electron chi connectivity index (χ3n) is 1.000. The molecule has 0 radical (unpaired) electrons. The maximum atomic E-state index is 9.88. The molecule has 0 saturated carbocycles. The van der Waals surface area contributed by atoms with Gasteiger partial charge in [0, 0.05) is 16.7 Å². The standard InChI is InChI=1S/C7H6BrNO2/c8-6-1-2-7(9-5-6)11-4-3-10/h1-3,5H,4H2. The molecule has 0 fully saturated rings. The Morgan fingerprint density at radius 1 is 1.64 bits per heavy atom. The van der Waals surface area contributed by atoms with Crippen molar-refractivity contribution in [3.63, 3.8) is 0 Å². The number of hydrogen-bond donors (Lipinski definition) is 0. The molecule has 1 heterocycles. The first-order valence-electron chi connectivity index (χ1n) is 3.01. The van der Waals surface area contributed by atoms with Crippen LogP contribution >= 0.6 is 15.9 Å². The number of ether oxygens (including phenoxy) is 1. The lowest BCUT2D eigenvalue weighted by Gasteiger charge is -1.98. The number of hydrogen-bond acceptors (Lipinski definition) is 3. The molecule has 0 amide bonds. The zero-order valence-electron chi connectivity index (χ0n) is 5.66. The monoisotopic (exact) mass is 215 g/mol. The molecular weight excluding hydrogens is 210 g/mol. The second kappa shape index (κ2) is 4.08. The van der Waals surface area contributed by atoms with Crippen LogP contribution in [0.15, 0.2) is 22.8 Å². The quantitative estimate of drug-likeness (QED) is 0.717. The maximum absolute atomic E-state index is 9.88. The van der Waals surface area contributed by atoms with Gasteiger partial charge in [-0.1, -0.05) is 0 Å². The summed E-state index contributed by atoms with van der Waals surface area (Å²) < 4.78 is 5.80. The first-order chi connectivity index (χ1) is 5.33. The Morgan fingerprint density at radius 2 is 2.45 bits per heavy atom. The van der Waals surface area contributed by atoms with Crippen molar-refractivity contribution in [1.82, 2.24) is 4.98 Å². The van der Waals surface area contributed by atoms with Crippen molar-refractivity contribution in [3.05, 3.63) is 22.8 Å². The van der Waals surface area contributed by atoms with Crippen LogP contribution in [0.4, 0.5) is 0 Å². The Bertz CT molecular complexity index is 235. The van der Waals surface area contributed by atoms with E-state index in [1.807, 2.05) is 0 Å². The second-order valence-electron chi connectivity index (χ2n) is 1.79. The summed E-state index contributed by atoms with van der Waals surface area (Å²) in [6, 6.07) is 3.49. The number of aromatic nitrogens is 1. The van der Waals surface area contributed by atoms with Gasteiger partial charge in [-0.05, 0) is 22.0 Å². The van der Waals surface area contributed by atoms with Crippen LogP contribution in [-0.2, 0) is 4.79 Å². The van der Waals surface area contributed by atoms with Crippen LogP contribution in [-0.4, -0.2) is 17.9 Å². The number of carbonyl (C=O) groups excluding carboxylic acids is 1. The number of rotatable bonds is 3. The summed E-state index contributed by atoms with van der Waals surface area (Å²) >= 11 is 3.23. The van der Waals surface area contributed by atoms with Crippen LogP contribution in [0.1, 0.15) is 0 Å². The third-order valence-corrected chi connectivity index (χ3v) is 1.47. The van der Waals surface area contributed by atoms with E-state index in [-0.39, 0.29) is 6.61 Å². The van der Waals surface area contributed by atoms with E-state index < -0.39 is 0 Å². The Morgan fingerprint density at radius 3 is 3.00 bits per heavy atom. The lowest BCUT2D eigenvalue weighted by molar-refractivity contribution is -0.109. The highest BCUT2D eigenvalue weighted by Crippen LogP contribution is 2.11. The van der Waals surface area contributed by atoms with E-state index in [0.29, 0.717) is 12.2 Å². The van der Waals surface area contributed by atoms with Gasteiger partial charge in [0.1, 0.15) is 6.61 Å². The average molecular weight is 216 g/mol. The van der Waals surface area contributed by atoms with Gasteiger partial charge in [-0.2, -0.15) is 0 Å². The van der Waals surface area contributed by atoms with Gasteiger partial charge in [0.05, 0.1) is 0 Å². The van der Waals surface area contributed by atoms with Gasteiger partial charge in [-0.25, -0.2) is 4.98 Å². The highest BCUT2D eigenvalue weighted by Gasteiger charge is 1.92. The third kappa shape index (κ3) is 2.67. The van der Waals surface area contributed by atoms with Crippen molar-refractivity contribution in [1.29, 1.82) is 0 Å². The molecule has 0 bridgehead atoms. The van der Waals surface area contributed by atoms with Crippen LogP contribution in [0, 0.1) is 0 Å². The Hall–Kier alpha value is -0.900. The Kier molecular flexibility index (Phi) is 3.04. The van der Waals surface area contributed by atoms with Gasteiger partial charge < -0.3 is 4.74 Å². The molecule has 4 heteroatoms. The van der Waals surface area contributed by atoms with Crippen molar-refractivity contribution in [2.24, 2.45) is 0 Å². The Balaban J connectivity index is 2.58. The molecule has 0 N–H and O–H groups in total. The van der Waals surface area contributed by atoms with Crippen LogP contribution in [0.3, 0.4) is 0 Å². The summed E-state index contributed by atoms with van der Waals surface area (Å²) in [6.07, 6.45) is 2.30. The number of carbonyl (C=O) groups is 1. The normalized spacial score (nSPS) is 9.18. The van der Waals surface area contributed by atoms with E-state index in [9.17, 15) is 4.79 Å². The van der Waals surface area contributed by atoms with E-state index in [2.05, 4.69) is 20.9 Å². The molecular formula is C7H6BrNO2. The molecule has 1 aromatic rings. The van der Waals surface area contributed by atoms with Gasteiger partial charge >= 0.3 is 0 Å². The van der Waals surface area contributed by atoms with E-state index in [1.165, 1.54) is 0 Å². The molecule has 0 aliphatic heterocycles. The van der Waals surface area contributed by atoms with E-state index >= 15 is 0 Å². The van der Waals surface area contributed by atoms with Gasteiger partial charge in [-0.3, -0.25) is 4.79 Å². The number of halogens is 1. The molecule has 1 rings (SSSR count). The smallest absolute Gasteiger partial charge is 0.213 e. The Labute approximate surface area is 72.5 Å². The molecule has 0 aliphatic rings. The fourth-order valence-electron chi connectivity index (χ4n) is 0.567. The topological polar surface area (TPSA) is 39.2 Å².